The van der Waals surface area contributed by atoms with Crippen LogP contribution >= 0.6 is 8.58 Å². The summed E-state index contributed by atoms with van der Waals surface area (Å²) in [7, 11) is 0.715. The van der Waals surface area contributed by atoms with Crippen LogP contribution in [0.4, 0.5) is 0 Å². The topological polar surface area (TPSA) is 43.1 Å². The van der Waals surface area contributed by atoms with Crippen molar-refractivity contribution in [3.63, 3.8) is 0 Å². The fraction of sp³-hybridized carbons (Fsp3) is 0.750. The Balaban J connectivity index is 3.00. The van der Waals surface area contributed by atoms with Crippen molar-refractivity contribution in [3.8, 4) is 0 Å². The van der Waals surface area contributed by atoms with Gasteiger partial charge in [-0.3, -0.25) is 4.79 Å². The van der Waals surface area contributed by atoms with E-state index in [0.717, 1.165) is 0 Å². The van der Waals surface area contributed by atoms with Gasteiger partial charge in [0.15, 0.2) is 0 Å². The van der Waals surface area contributed by atoms with Crippen LogP contribution in [0.2, 0.25) is 0 Å². The van der Waals surface area contributed by atoms with Gasteiger partial charge in [-0.25, -0.2) is 0 Å². The highest BCUT2D eigenvalue weighted by Gasteiger charge is 1.91. The monoisotopic (exact) mass is 119 g/mol. The van der Waals surface area contributed by atoms with Crippen LogP contribution < -0.4 is 5.73 Å². The number of nitrogens with two attached hydrogens (primary N) is 1. The van der Waals surface area contributed by atoms with Crippen LogP contribution in [-0.4, -0.2) is 25.2 Å². The Morgan fingerprint density at radius 3 is 2.57 bits per heavy atom. The van der Waals surface area contributed by atoms with Crippen molar-refractivity contribution in [1.29, 1.82) is 0 Å². The molecule has 0 radical (unpaired) electrons. The Bertz CT molecular complexity index is 64.7. The molecule has 7 heavy (non-hydrogen) atoms. The maximum atomic E-state index is 10.3. The molecule has 0 bridgehead atoms. The molecule has 0 heterocycles. The first-order chi connectivity index (χ1) is 3.31. The van der Waals surface area contributed by atoms with Crippen LogP contribution in [0.25, 0.3) is 0 Å². The van der Waals surface area contributed by atoms with Gasteiger partial charge in [-0.1, -0.05) is 0 Å². The van der Waals surface area contributed by atoms with Gasteiger partial charge in [0.1, 0.15) is 5.78 Å². The molecule has 0 aromatic rings. The van der Waals surface area contributed by atoms with Crippen molar-refractivity contribution < 1.29 is 4.79 Å². The molecule has 0 amide bonds. The predicted octanol–water partition coefficient (Wildman–Crippen LogP) is -0.178. The van der Waals surface area contributed by atoms with Crippen molar-refractivity contribution in [2.75, 3.05) is 19.4 Å². The first-order valence-electron chi connectivity index (χ1n) is 2.17. The average molecular weight is 119 g/mol. The number of rotatable bonds is 3. The third-order valence-electron chi connectivity index (χ3n) is 0.602. The minimum absolute atomic E-state index is 0.167. The molecule has 2 N–H and O–H groups in total. The molecule has 0 fully saturated rings. The van der Waals surface area contributed by atoms with Crippen molar-refractivity contribution in [2.45, 2.75) is 0 Å². The van der Waals surface area contributed by atoms with Crippen LogP contribution in [-0.2, 0) is 4.79 Å². The molecule has 0 saturated carbocycles. The lowest BCUT2D eigenvalue weighted by atomic mass is 10.5. The predicted molar refractivity (Wildman–Crippen MR) is 33.2 cm³/mol. The van der Waals surface area contributed by atoms with Crippen molar-refractivity contribution in [1.82, 2.24) is 0 Å². The van der Waals surface area contributed by atoms with Gasteiger partial charge in [0.25, 0.3) is 0 Å². The van der Waals surface area contributed by atoms with E-state index in [-0.39, 0.29) is 12.3 Å². The zero-order chi connectivity index (χ0) is 5.70. The van der Waals surface area contributed by atoms with Crippen LogP contribution in [0.5, 0.6) is 0 Å². The largest absolute Gasteiger partial charge is 0.324 e. The molecule has 2 nitrogen and oxygen atoms in total. The van der Waals surface area contributed by atoms with Gasteiger partial charge in [0, 0.05) is 6.16 Å². The highest BCUT2D eigenvalue weighted by atomic mass is 31.1. The Morgan fingerprint density at radius 1 is 1.86 bits per heavy atom. The Hall–Kier alpha value is 0.0600. The average Bonchev–Trinajstić information content (AvgIpc) is 1.68. The number of Topliss-reactive ketones (excluding diaryl/α,β-unsaturated/α-hetero) is 1. The molecule has 0 aromatic carbocycles. The van der Waals surface area contributed by atoms with E-state index in [4.69, 9.17) is 5.73 Å². The minimum Gasteiger partial charge on any atom is -0.324 e. The Labute approximate surface area is 45.3 Å². The summed E-state index contributed by atoms with van der Waals surface area (Å²) in [6.07, 6.45) is 0.663. The summed E-state index contributed by atoms with van der Waals surface area (Å²) in [6.45, 7) is 2.20. The van der Waals surface area contributed by atoms with E-state index in [0.29, 0.717) is 14.7 Å². The van der Waals surface area contributed by atoms with Crippen LogP contribution in [0.1, 0.15) is 0 Å². The number of carbonyl (C=O) groups is 1. The third-order valence-corrected chi connectivity index (χ3v) is 1.35. The normalized spacial score (nSPS) is 10.6. The second kappa shape index (κ2) is 4.23. The first kappa shape index (κ1) is 7.06. The molecule has 3 heteroatoms. The molecule has 0 spiro atoms. The first-order valence-corrected chi connectivity index (χ1v) is 3.88. The van der Waals surface area contributed by atoms with Gasteiger partial charge in [-0.05, 0) is 6.66 Å². The maximum Gasteiger partial charge on any atom is 0.150 e. The lowest BCUT2D eigenvalue weighted by Crippen LogP contribution is -2.14. The van der Waals surface area contributed by atoms with Gasteiger partial charge in [-0.15, -0.1) is 8.58 Å². The lowest BCUT2D eigenvalue weighted by molar-refractivity contribution is -0.115. The summed E-state index contributed by atoms with van der Waals surface area (Å²) in [6, 6.07) is 0. The molecule has 0 rings (SSSR count). The lowest BCUT2D eigenvalue weighted by Gasteiger charge is -1.87. The van der Waals surface area contributed by atoms with E-state index in [1.165, 1.54) is 0 Å². The maximum absolute atomic E-state index is 10.3. The number of carbonyl (C=O) groups excluding carboxylic acids is 1. The Kier molecular flexibility index (Phi) is 4.26. The van der Waals surface area contributed by atoms with Crippen molar-refractivity contribution in [2.24, 2.45) is 5.73 Å². The van der Waals surface area contributed by atoms with Crippen molar-refractivity contribution in [3.05, 3.63) is 0 Å². The second-order valence-electron chi connectivity index (χ2n) is 1.27. The quantitative estimate of drug-likeness (QED) is 0.524. The zero-order valence-electron chi connectivity index (χ0n) is 4.40. The Morgan fingerprint density at radius 2 is 2.43 bits per heavy atom. The smallest absolute Gasteiger partial charge is 0.150 e. The second-order valence-corrected chi connectivity index (χ2v) is 2.33. The van der Waals surface area contributed by atoms with Gasteiger partial charge < -0.3 is 5.73 Å². The molecule has 0 aromatic heterocycles. The molecule has 0 aliphatic rings. The zero-order valence-corrected chi connectivity index (χ0v) is 5.40. The SMILES string of the molecule is CPCC(=O)CN. The number of hydrogen-bond donors (Lipinski definition) is 1. The van der Waals surface area contributed by atoms with Crippen LogP contribution in [0, 0.1) is 0 Å². The van der Waals surface area contributed by atoms with Crippen molar-refractivity contribution >= 4 is 14.4 Å². The molecule has 1 atom stereocenters. The summed E-state index contributed by atoms with van der Waals surface area (Å²) in [5.41, 5.74) is 5.01. The summed E-state index contributed by atoms with van der Waals surface area (Å²) in [5, 5.41) is 0. The molecule has 0 saturated heterocycles. The van der Waals surface area contributed by atoms with E-state index in [1.807, 2.05) is 6.66 Å². The molecule has 42 valence electrons. The molecule has 0 aliphatic carbocycles. The van der Waals surface area contributed by atoms with Crippen LogP contribution in [0.3, 0.4) is 0 Å². The standard InChI is InChI=1S/C4H10NOP/c1-7-3-4(6)2-5/h7H,2-3,5H2,1H3. The summed E-state index contributed by atoms with van der Waals surface area (Å²) in [5.74, 6) is 0.167. The summed E-state index contributed by atoms with van der Waals surface area (Å²) in [4.78, 5) is 10.3. The summed E-state index contributed by atoms with van der Waals surface area (Å²) < 4.78 is 0. The highest BCUT2D eigenvalue weighted by Crippen LogP contribution is 1.98. The van der Waals surface area contributed by atoms with E-state index in [9.17, 15) is 4.79 Å². The fourth-order valence-electron chi connectivity index (χ4n) is 0.269. The number of ketones is 1. The van der Waals surface area contributed by atoms with Crippen LogP contribution in [0.15, 0.2) is 0 Å². The van der Waals surface area contributed by atoms with Gasteiger partial charge in [-0.2, -0.15) is 0 Å². The van der Waals surface area contributed by atoms with Gasteiger partial charge in [0.05, 0.1) is 6.54 Å². The van der Waals surface area contributed by atoms with E-state index in [2.05, 4.69) is 0 Å². The van der Waals surface area contributed by atoms with E-state index < -0.39 is 0 Å². The highest BCUT2D eigenvalue weighted by molar-refractivity contribution is 7.38. The molecule has 0 aliphatic heterocycles. The fourth-order valence-corrected chi connectivity index (χ4v) is 0.808. The number of hydrogen-bond acceptors (Lipinski definition) is 2. The molecular formula is C4H10NOP. The summed E-state index contributed by atoms with van der Waals surface area (Å²) >= 11 is 0. The van der Waals surface area contributed by atoms with Gasteiger partial charge in [0.2, 0.25) is 0 Å². The molecule has 1 unspecified atom stereocenters. The third kappa shape index (κ3) is 3.90. The minimum atomic E-state index is 0.167. The van der Waals surface area contributed by atoms with Gasteiger partial charge >= 0.3 is 0 Å². The van der Waals surface area contributed by atoms with E-state index in [1.54, 1.807) is 0 Å². The molecular weight excluding hydrogens is 109 g/mol. The van der Waals surface area contributed by atoms with E-state index >= 15 is 0 Å².